The third-order valence-electron chi connectivity index (χ3n) is 5.32. The Bertz CT molecular complexity index is 1190. The first kappa shape index (κ1) is 19.2. The first-order valence-electron chi connectivity index (χ1n) is 9.77. The molecule has 0 radical (unpaired) electrons. The van der Waals surface area contributed by atoms with E-state index in [-0.39, 0.29) is 24.7 Å². The molecule has 1 amide bonds. The molecule has 158 valence electrons. The molecule has 0 bridgehead atoms. The molecule has 31 heavy (non-hydrogen) atoms. The third kappa shape index (κ3) is 3.49. The molecule has 5 rings (SSSR count). The summed E-state index contributed by atoms with van der Waals surface area (Å²) in [7, 11) is 0. The molecule has 1 atom stereocenters. The highest BCUT2D eigenvalue weighted by Crippen LogP contribution is 2.35. The van der Waals surface area contributed by atoms with Gasteiger partial charge in [-0.25, -0.2) is 8.78 Å². The van der Waals surface area contributed by atoms with E-state index in [2.05, 4.69) is 20.5 Å². The molecule has 0 aliphatic carbocycles. The smallest absolute Gasteiger partial charge is 0.295 e. The molecule has 1 aliphatic rings. The van der Waals surface area contributed by atoms with Crippen molar-refractivity contribution < 1.29 is 18.0 Å². The predicted octanol–water partition coefficient (Wildman–Crippen LogP) is 3.37. The van der Waals surface area contributed by atoms with E-state index in [0.29, 0.717) is 16.8 Å². The van der Waals surface area contributed by atoms with Gasteiger partial charge >= 0.3 is 0 Å². The van der Waals surface area contributed by atoms with Gasteiger partial charge in [0, 0.05) is 19.5 Å². The Morgan fingerprint density at radius 2 is 1.87 bits per heavy atom. The average molecular weight is 424 g/mol. The molecule has 1 fully saturated rings. The fourth-order valence-corrected chi connectivity index (χ4v) is 3.78. The summed E-state index contributed by atoms with van der Waals surface area (Å²) in [5.74, 6) is -3.55. The van der Waals surface area contributed by atoms with Crippen LogP contribution in [0.5, 0.6) is 0 Å². The number of carbonyl (C=O) groups is 1. The van der Waals surface area contributed by atoms with E-state index >= 15 is 0 Å². The van der Waals surface area contributed by atoms with Crippen molar-refractivity contribution in [2.75, 3.05) is 18.4 Å². The number of likely N-dealkylation sites (tertiary alicyclic amines) is 1. The lowest BCUT2D eigenvalue weighted by Crippen LogP contribution is -2.47. The summed E-state index contributed by atoms with van der Waals surface area (Å²) in [6.45, 7) is -0.264. The van der Waals surface area contributed by atoms with Crippen LogP contribution in [0.3, 0.4) is 0 Å². The number of halogens is 2. The molecule has 3 heterocycles. The van der Waals surface area contributed by atoms with E-state index in [1.165, 1.54) is 22.1 Å². The van der Waals surface area contributed by atoms with Gasteiger partial charge < -0.3 is 14.6 Å². The highest BCUT2D eigenvalue weighted by atomic mass is 19.3. The fourth-order valence-electron chi connectivity index (χ4n) is 3.78. The molecule has 4 aromatic rings. The van der Waals surface area contributed by atoms with E-state index < -0.39 is 24.3 Å². The number of benzene rings is 2. The maximum atomic E-state index is 14.7. The van der Waals surface area contributed by atoms with Crippen molar-refractivity contribution in [3.63, 3.8) is 0 Å². The summed E-state index contributed by atoms with van der Waals surface area (Å²) in [5, 5.41) is 10.9. The minimum Gasteiger partial charge on any atom is -0.424 e. The van der Waals surface area contributed by atoms with Crippen LogP contribution in [0.4, 0.5) is 14.8 Å². The summed E-state index contributed by atoms with van der Waals surface area (Å²) in [6.07, 6.45) is 2.55. The fraction of sp³-hybridized carbons (Fsp3) is 0.238. The van der Waals surface area contributed by atoms with Gasteiger partial charge in [0.05, 0.1) is 23.6 Å². The number of hydrogen-bond acceptors (Lipinski definition) is 6. The van der Waals surface area contributed by atoms with Crippen LogP contribution < -0.4 is 5.32 Å². The number of oxazole rings is 1. The summed E-state index contributed by atoms with van der Waals surface area (Å²) >= 11 is 0. The van der Waals surface area contributed by atoms with Crippen LogP contribution in [0.1, 0.15) is 16.8 Å². The summed E-state index contributed by atoms with van der Waals surface area (Å²) in [4.78, 5) is 20.0. The number of anilines is 1. The molecule has 0 saturated carbocycles. The largest absolute Gasteiger partial charge is 0.424 e. The van der Waals surface area contributed by atoms with Crippen LogP contribution in [-0.2, 0) is 0 Å². The lowest BCUT2D eigenvalue weighted by atomic mass is 10.1. The number of fused-ring (bicyclic) bond motifs is 1. The van der Waals surface area contributed by atoms with Crippen molar-refractivity contribution in [3.05, 3.63) is 66.5 Å². The topological polar surface area (TPSA) is 89.1 Å². The number of alkyl halides is 2. The highest BCUT2D eigenvalue weighted by Gasteiger charge is 2.51. The maximum absolute atomic E-state index is 14.7. The molecular formula is C21H18F2N6O2. The van der Waals surface area contributed by atoms with Gasteiger partial charge in [-0.05, 0) is 24.3 Å². The summed E-state index contributed by atoms with van der Waals surface area (Å²) in [6, 6.07) is 12.6. The quantitative estimate of drug-likeness (QED) is 0.529. The van der Waals surface area contributed by atoms with E-state index in [1.807, 2.05) is 6.07 Å². The van der Waals surface area contributed by atoms with Crippen LogP contribution in [0.15, 0.2) is 65.3 Å². The second-order valence-corrected chi connectivity index (χ2v) is 7.23. The number of nitrogens with zero attached hydrogens (tertiary/aromatic N) is 5. The predicted molar refractivity (Wildman–Crippen MR) is 108 cm³/mol. The zero-order chi connectivity index (χ0) is 21.4. The number of aromatic nitrogens is 4. The summed E-state index contributed by atoms with van der Waals surface area (Å²) < 4.78 is 35.0. The van der Waals surface area contributed by atoms with E-state index in [4.69, 9.17) is 4.42 Å². The lowest BCUT2D eigenvalue weighted by Gasteiger charge is -2.28. The molecule has 2 aromatic heterocycles. The molecule has 0 spiro atoms. The molecule has 1 N–H and O–H groups in total. The van der Waals surface area contributed by atoms with Crippen LogP contribution >= 0.6 is 0 Å². The number of hydrogen-bond donors (Lipinski definition) is 1. The molecule has 1 saturated heterocycles. The van der Waals surface area contributed by atoms with Gasteiger partial charge in [0.15, 0.2) is 5.58 Å². The van der Waals surface area contributed by atoms with Crippen molar-refractivity contribution in [2.45, 2.75) is 18.4 Å². The Labute approximate surface area is 175 Å². The number of amides is 1. The van der Waals surface area contributed by atoms with Crippen LogP contribution in [0, 0.1) is 0 Å². The third-order valence-corrected chi connectivity index (χ3v) is 5.32. The van der Waals surface area contributed by atoms with Gasteiger partial charge in [-0.2, -0.15) is 20.0 Å². The van der Waals surface area contributed by atoms with Crippen molar-refractivity contribution in [2.24, 2.45) is 0 Å². The summed E-state index contributed by atoms with van der Waals surface area (Å²) in [5.41, 5.74) is 1.86. The molecule has 1 unspecified atom stereocenters. The zero-order valence-electron chi connectivity index (χ0n) is 16.3. The Balaban J connectivity index is 1.40. The molecule has 1 aliphatic heterocycles. The Morgan fingerprint density at radius 3 is 2.68 bits per heavy atom. The number of para-hydroxylation sites is 3. The van der Waals surface area contributed by atoms with Gasteiger partial charge in [0.2, 0.25) is 0 Å². The average Bonchev–Trinajstić information content (AvgIpc) is 3.50. The van der Waals surface area contributed by atoms with Gasteiger partial charge in [-0.1, -0.05) is 24.3 Å². The minimum absolute atomic E-state index is 0.0629. The molecule has 2 aromatic carbocycles. The van der Waals surface area contributed by atoms with Crippen LogP contribution in [-0.4, -0.2) is 55.8 Å². The van der Waals surface area contributed by atoms with Crippen molar-refractivity contribution in [1.82, 2.24) is 24.9 Å². The van der Waals surface area contributed by atoms with Gasteiger partial charge in [-0.3, -0.25) is 4.79 Å². The van der Waals surface area contributed by atoms with Gasteiger partial charge in [0.25, 0.3) is 17.8 Å². The highest BCUT2D eigenvalue weighted by molar-refractivity contribution is 5.98. The van der Waals surface area contributed by atoms with Crippen molar-refractivity contribution in [1.29, 1.82) is 0 Å². The lowest BCUT2D eigenvalue weighted by molar-refractivity contribution is -0.0249. The van der Waals surface area contributed by atoms with Crippen molar-refractivity contribution in [3.8, 4) is 5.69 Å². The SMILES string of the molecule is O=C(c1ccccc1-n1nccn1)N1CCC(F)(F)C1CNc1nc2ccccc2o1. The number of carbonyl (C=O) groups excluding carboxylic acids is 1. The second kappa shape index (κ2) is 7.46. The Hall–Kier alpha value is -3.82. The number of nitrogens with one attached hydrogen (secondary N) is 1. The molecule has 8 nitrogen and oxygen atoms in total. The molecule has 10 heteroatoms. The minimum atomic E-state index is -3.05. The standard InChI is InChI=1S/C21H18F2N6O2/c22-21(23)9-12-28(18(21)13-24-20-27-15-6-2-4-8-17(15)31-20)19(30)14-5-1-3-7-16(14)29-25-10-11-26-29/h1-8,10-11,18H,9,12-13H2,(H,24,27). The Morgan fingerprint density at radius 1 is 1.13 bits per heavy atom. The zero-order valence-corrected chi connectivity index (χ0v) is 16.3. The van der Waals surface area contributed by atoms with Gasteiger partial charge in [0.1, 0.15) is 11.6 Å². The van der Waals surface area contributed by atoms with Crippen LogP contribution in [0.25, 0.3) is 16.8 Å². The van der Waals surface area contributed by atoms with E-state index in [1.54, 1.807) is 42.5 Å². The normalized spacial score (nSPS) is 17.9. The van der Waals surface area contributed by atoms with Crippen molar-refractivity contribution >= 4 is 23.0 Å². The second-order valence-electron chi connectivity index (χ2n) is 7.23. The number of rotatable bonds is 5. The molecular weight excluding hydrogens is 406 g/mol. The van der Waals surface area contributed by atoms with E-state index in [9.17, 15) is 13.6 Å². The van der Waals surface area contributed by atoms with Crippen LogP contribution in [0.2, 0.25) is 0 Å². The first-order chi connectivity index (χ1) is 15.0. The van der Waals surface area contributed by atoms with Gasteiger partial charge in [-0.15, -0.1) is 0 Å². The first-order valence-corrected chi connectivity index (χ1v) is 9.77. The van der Waals surface area contributed by atoms with E-state index in [0.717, 1.165) is 0 Å². The monoisotopic (exact) mass is 424 g/mol. The Kier molecular flexibility index (Phi) is 4.61. The maximum Gasteiger partial charge on any atom is 0.295 e.